The number of anilines is 1. The van der Waals surface area contributed by atoms with Crippen LogP contribution in [0.1, 0.15) is 23.0 Å². The van der Waals surface area contributed by atoms with Gasteiger partial charge in [0.05, 0.1) is 18.4 Å². The van der Waals surface area contributed by atoms with Crippen molar-refractivity contribution >= 4 is 11.8 Å². The summed E-state index contributed by atoms with van der Waals surface area (Å²) in [5.74, 6) is 2.07. The van der Waals surface area contributed by atoms with Crippen molar-refractivity contribution in [3.8, 4) is 0 Å². The van der Waals surface area contributed by atoms with Crippen molar-refractivity contribution in [2.45, 2.75) is 19.9 Å². The van der Waals surface area contributed by atoms with Gasteiger partial charge in [0.1, 0.15) is 5.82 Å². The first kappa shape index (κ1) is 13.4. The van der Waals surface area contributed by atoms with Gasteiger partial charge in [0, 0.05) is 25.7 Å². The van der Waals surface area contributed by atoms with Crippen LogP contribution in [0.3, 0.4) is 0 Å². The summed E-state index contributed by atoms with van der Waals surface area (Å²) in [4.78, 5) is 18.6. The SMILES string of the molecule is COC(=O)c1ccc(N2CC3CNCC3C2C)nc1C. The molecule has 0 spiro atoms. The lowest BCUT2D eigenvalue weighted by molar-refractivity contribution is 0.0599. The van der Waals surface area contributed by atoms with Crippen molar-refractivity contribution in [1.29, 1.82) is 0 Å². The highest BCUT2D eigenvalue weighted by atomic mass is 16.5. The highest BCUT2D eigenvalue weighted by molar-refractivity contribution is 5.90. The molecule has 1 aromatic heterocycles. The number of hydrogen-bond donors (Lipinski definition) is 1. The van der Waals surface area contributed by atoms with E-state index in [2.05, 4.69) is 22.1 Å². The molecule has 3 atom stereocenters. The zero-order chi connectivity index (χ0) is 14.3. The summed E-state index contributed by atoms with van der Waals surface area (Å²) in [6, 6.07) is 4.25. The van der Waals surface area contributed by atoms with E-state index < -0.39 is 0 Å². The second kappa shape index (κ2) is 5.05. The number of ether oxygens (including phenoxy) is 1. The number of rotatable bonds is 2. The molecule has 0 bridgehead atoms. The summed E-state index contributed by atoms with van der Waals surface area (Å²) in [6.45, 7) is 7.37. The molecule has 2 aliphatic rings. The Hall–Kier alpha value is -1.62. The zero-order valence-electron chi connectivity index (χ0n) is 12.2. The summed E-state index contributed by atoms with van der Waals surface area (Å²) >= 11 is 0. The lowest BCUT2D eigenvalue weighted by atomic mass is 9.95. The zero-order valence-corrected chi connectivity index (χ0v) is 12.2. The van der Waals surface area contributed by atoms with E-state index in [4.69, 9.17) is 4.74 Å². The van der Waals surface area contributed by atoms with E-state index in [1.807, 2.05) is 19.1 Å². The van der Waals surface area contributed by atoms with Gasteiger partial charge in [-0.1, -0.05) is 0 Å². The fraction of sp³-hybridized carbons (Fsp3) is 0.600. The number of pyridine rings is 1. The van der Waals surface area contributed by atoms with Gasteiger partial charge in [-0.3, -0.25) is 0 Å². The van der Waals surface area contributed by atoms with E-state index in [1.165, 1.54) is 7.11 Å². The van der Waals surface area contributed by atoms with Crippen LogP contribution in [0.15, 0.2) is 12.1 Å². The minimum atomic E-state index is -0.322. The third kappa shape index (κ3) is 2.06. The molecule has 0 aromatic carbocycles. The molecular weight excluding hydrogens is 254 g/mol. The number of nitrogens with one attached hydrogen (secondary N) is 1. The highest BCUT2D eigenvalue weighted by Crippen LogP contribution is 2.35. The largest absolute Gasteiger partial charge is 0.465 e. The quantitative estimate of drug-likeness (QED) is 0.823. The van der Waals surface area contributed by atoms with Gasteiger partial charge < -0.3 is 15.0 Å². The molecule has 3 rings (SSSR count). The smallest absolute Gasteiger partial charge is 0.339 e. The van der Waals surface area contributed by atoms with Gasteiger partial charge in [-0.05, 0) is 37.8 Å². The second-order valence-electron chi connectivity index (χ2n) is 5.77. The fourth-order valence-electron chi connectivity index (χ4n) is 3.50. The molecule has 0 radical (unpaired) electrons. The van der Waals surface area contributed by atoms with Crippen molar-refractivity contribution in [3.05, 3.63) is 23.4 Å². The molecule has 1 aromatic rings. The van der Waals surface area contributed by atoms with Crippen molar-refractivity contribution in [1.82, 2.24) is 10.3 Å². The molecule has 0 saturated carbocycles. The van der Waals surface area contributed by atoms with Crippen molar-refractivity contribution in [2.24, 2.45) is 11.8 Å². The maximum absolute atomic E-state index is 11.6. The number of aryl methyl sites for hydroxylation is 1. The topological polar surface area (TPSA) is 54.5 Å². The molecule has 108 valence electrons. The summed E-state index contributed by atoms with van der Waals surface area (Å²) in [6.07, 6.45) is 0. The number of aromatic nitrogens is 1. The maximum atomic E-state index is 11.6. The first-order valence-electron chi connectivity index (χ1n) is 7.15. The number of esters is 1. The van der Waals surface area contributed by atoms with Crippen LogP contribution in [-0.2, 0) is 4.74 Å². The molecule has 2 aliphatic heterocycles. The van der Waals surface area contributed by atoms with Gasteiger partial charge in [-0.2, -0.15) is 0 Å². The van der Waals surface area contributed by atoms with Gasteiger partial charge in [0.2, 0.25) is 0 Å². The predicted molar refractivity (Wildman–Crippen MR) is 77.0 cm³/mol. The Morgan fingerprint density at radius 1 is 1.45 bits per heavy atom. The standard InChI is InChI=1S/C15H21N3O2/c1-9-12(15(19)20-3)4-5-14(17-9)18-8-11-6-16-7-13(11)10(18)2/h4-5,10-11,13,16H,6-8H2,1-3H3. The van der Waals surface area contributed by atoms with Crippen LogP contribution in [0.4, 0.5) is 5.82 Å². The van der Waals surface area contributed by atoms with E-state index >= 15 is 0 Å². The minimum absolute atomic E-state index is 0.322. The molecule has 20 heavy (non-hydrogen) atoms. The van der Waals surface area contributed by atoms with E-state index in [-0.39, 0.29) is 5.97 Å². The monoisotopic (exact) mass is 275 g/mol. The molecule has 0 aliphatic carbocycles. The predicted octanol–water partition coefficient (Wildman–Crippen LogP) is 1.22. The van der Waals surface area contributed by atoms with Crippen molar-refractivity contribution < 1.29 is 9.53 Å². The van der Waals surface area contributed by atoms with Crippen LogP contribution < -0.4 is 10.2 Å². The molecular formula is C15H21N3O2. The van der Waals surface area contributed by atoms with Gasteiger partial charge in [-0.25, -0.2) is 9.78 Å². The van der Waals surface area contributed by atoms with Gasteiger partial charge in [0.25, 0.3) is 0 Å². The molecule has 3 heterocycles. The van der Waals surface area contributed by atoms with E-state index in [0.717, 1.165) is 31.1 Å². The van der Waals surface area contributed by atoms with Gasteiger partial charge >= 0.3 is 5.97 Å². The first-order valence-corrected chi connectivity index (χ1v) is 7.15. The fourth-order valence-corrected chi connectivity index (χ4v) is 3.50. The number of nitrogens with zero attached hydrogens (tertiary/aromatic N) is 2. The Morgan fingerprint density at radius 2 is 2.25 bits per heavy atom. The highest BCUT2D eigenvalue weighted by Gasteiger charge is 2.42. The van der Waals surface area contributed by atoms with Crippen LogP contribution in [0.25, 0.3) is 0 Å². The van der Waals surface area contributed by atoms with Gasteiger partial charge in [-0.15, -0.1) is 0 Å². The summed E-state index contributed by atoms with van der Waals surface area (Å²) in [5.41, 5.74) is 1.28. The average Bonchev–Trinajstić information content (AvgIpc) is 3.01. The van der Waals surface area contributed by atoms with Crippen molar-refractivity contribution in [3.63, 3.8) is 0 Å². The van der Waals surface area contributed by atoms with Crippen LogP contribution in [0.2, 0.25) is 0 Å². The van der Waals surface area contributed by atoms with Crippen LogP contribution in [0, 0.1) is 18.8 Å². The third-order valence-corrected chi connectivity index (χ3v) is 4.71. The minimum Gasteiger partial charge on any atom is -0.465 e. The maximum Gasteiger partial charge on any atom is 0.339 e. The number of hydrogen-bond acceptors (Lipinski definition) is 5. The molecule has 5 heteroatoms. The van der Waals surface area contributed by atoms with E-state index in [1.54, 1.807) is 0 Å². The number of fused-ring (bicyclic) bond motifs is 1. The number of carbonyl (C=O) groups is 1. The van der Waals surface area contributed by atoms with Gasteiger partial charge in [0.15, 0.2) is 0 Å². The molecule has 2 fully saturated rings. The molecule has 2 saturated heterocycles. The Labute approximate surface area is 119 Å². The second-order valence-corrected chi connectivity index (χ2v) is 5.77. The normalized spacial score (nSPS) is 28.6. The molecule has 5 nitrogen and oxygen atoms in total. The third-order valence-electron chi connectivity index (χ3n) is 4.71. The van der Waals surface area contributed by atoms with E-state index in [9.17, 15) is 4.79 Å². The average molecular weight is 275 g/mol. The Balaban J connectivity index is 1.85. The van der Waals surface area contributed by atoms with Crippen LogP contribution in [-0.4, -0.2) is 43.7 Å². The number of methoxy groups -OCH3 is 1. The lowest BCUT2D eigenvalue weighted by Crippen LogP contribution is -2.33. The number of carbonyl (C=O) groups excluding carboxylic acids is 1. The Morgan fingerprint density at radius 3 is 2.90 bits per heavy atom. The molecule has 0 amide bonds. The van der Waals surface area contributed by atoms with Crippen molar-refractivity contribution in [2.75, 3.05) is 31.6 Å². The summed E-state index contributed by atoms with van der Waals surface area (Å²) in [5, 5.41) is 3.46. The Bertz CT molecular complexity index is 532. The van der Waals surface area contributed by atoms with Crippen LogP contribution in [0.5, 0.6) is 0 Å². The lowest BCUT2D eigenvalue weighted by Gasteiger charge is -2.26. The Kier molecular flexibility index (Phi) is 3.38. The summed E-state index contributed by atoms with van der Waals surface area (Å²) < 4.78 is 4.76. The first-order chi connectivity index (χ1) is 9.61. The molecule has 1 N–H and O–H groups in total. The van der Waals surface area contributed by atoms with E-state index in [0.29, 0.717) is 23.4 Å². The van der Waals surface area contributed by atoms with Crippen LogP contribution >= 0.6 is 0 Å². The summed E-state index contributed by atoms with van der Waals surface area (Å²) in [7, 11) is 1.40. The molecule has 3 unspecified atom stereocenters.